The number of hydrogen-bond donors (Lipinski definition) is 1. The van der Waals surface area contributed by atoms with Crippen molar-refractivity contribution in [2.75, 3.05) is 26.6 Å². The van der Waals surface area contributed by atoms with Gasteiger partial charge in [0.05, 0.1) is 21.3 Å². The van der Waals surface area contributed by atoms with Gasteiger partial charge in [0.1, 0.15) is 5.52 Å². The summed E-state index contributed by atoms with van der Waals surface area (Å²) in [5.74, 6) is 1.63. The second-order valence-corrected chi connectivity index (χ2v) is 6.82. The minimum absolute atomic E-state index is 0.286. The number of hydrogen-bond acceptors (Lipinski definition) is 6. The van der Waals surface area contributed by atoms with Crippen molar-refractivity contribution in [3.8, 4) is 17.2 Å². The van der Waals surface area contributed by atoms with Crippen molar-refractivity contribution < 1.29 is 23.4 Å². The van der Waals surface area contributed by atoms with Crippen molar-refractivity contribution >= 4 is 22.7 Å². The molecule has 0 saturated heterocycles. The number of benzene rings is 3. The largest absolute Gasteiger partial charge is 0.493 e. The van der Waals surface area contributed by atoms with Crippen LogP contribution in [0.5, 0.6) is 17.2 Å². The number of rotatable bonds is 7. The molecule has 1 N–H and O–H groups in total. The summed E-state index contributed by atoms with van der Waals surface area (Å²) in [7, 11) is 4.53. The third-order valence-corrected chi connectivity index (χ3v) is 4.83. The predicted molar refractivity (Wildman–Crippen MR) is 117 cm³/mol. The van der Waals surface area contributed by atoms with E-state index in [-0.39, 0.29) is 5.91 Å². The topological polar surface area (TPSA) is 82.8 Å². The quantitative estimate of drug-likeness (QED) is 0.469. The number of amides is 1. The molecule has 0 fully saturated rings. The molecule has 3 aromatic carbocycles. The summed E-state index contributed by atoms with van der Waals surface area (Å²) >= 11 is 0. The standard InChI is InChI=1S/C24H22N2O5/c1-28-20-13-16(14-21(29-2)23(20)30-3)24(27)25-17-10-8-15(9-11-17)12-22-26-18-6-4-5-7-19(18)31-22/h4-11,13-14H,12H2,1-3H3,(H,25,27). The van der Waals surface area contributed by atoms with Gasteiger partial charge < -0.3 is 23.9 Å². The van der Waals surface area contributed by atoms with E-state index in [9.17, 15) is 4.79 Å². The van der Waals surface area contributed by atoms with Gasteiger partial charge >= 0.3 is 0 Å². The predicted octanol–water partition coefficient (Wildman–Crippen LogP) is 4.70. The van der Waals surface area contributed by atoms with E-state index in [0.29, 0.717) is 40.8 Å². The first-order valence-electron chi connectivity index (χ1n) is 9.66. The molecular formula is C24H22N2O5. The maximum absolute atomic E-state index is 12.7. The van der Waals surface area contributed by atoms with Gasteiger partial charge in [-0.05, 0) is 42.0 Å². The first kappa shape index (κ1) is 20.3. The number of para-hydroxylation sites is 2. The smallest absolute Gasteiger partial charge is 0.255 e. The minimum atomic E-state index is -0.286. The highest BCUT2D eigenvalue weighted by atomic mass is 16.5. The fourth-order valence-corrected chi connectivity index (χ4v) is 3.29. The van der Waals surface area contributed by atoms with Crippen LogP contribution in [0, 0.1) is 0 Å². The fraction of sp³-hybridized carbons (Fsp3) is 0.167. The third-order valence-electron chi connectivity index (χ3n) is 4.83. The molecule has 1 amide bonds. The Bertz CT molecular complexity index is 1160. The number of carbonyl (C=O) groups excluding carboxylic acids is 1. The Hall–Kier alpha value is -4.00. The van der Waals surface area contributed by atoms with Gasteiger partial charge in [0, 0.05) is 17.7 Å². The molecule has 0 spiro atoms. The molecule has 4 aromatic rings. The molecular weight excluding hydrogens is 396 g/mol. The van der Waals surface area contributed by atoms with E-state index in [2.05, 4.69) is 10.3 Å². The van der Waals surface area contributed by atoms with Crippen LogP contribution < -0.4 is 19.5 Å². The number of ether oxygens (including phenoxy) is 3. The first-order chi connectivity index (χ1) is 15.1. The van der Waals surface area contributed by atoms with Crippen molar-refractivity contribution in [1.29, 1.82) is 0 Å². The van der Waals surface area contributed by atoms with E-state index in [1.54, 1.807) is 12.1 Å². The molecule has 1 aromatic heterocycles. The maximum Gasteiger partial charge on any atom is 0.255 e. The van der Waals surface area contributed by atoms with Crippen LogP contribution in [-0.4, -0.2) is 32.2 Å². The van der Waals surface area contributed by atoms with Crippen molar-refractivity contribution in [3.05, 3.63) is 77.7 Å². The van der Waals surface area contributed by atoms with Crippen LogP contribution in [0.3, 0.4) is 0 Å². The summed E-state index contributed by atoms with van der Waals surface area (Å²) in [4.78, 5) is 17.2. The van der Waals surface area contributed by atoms with Gasteiger partial charge in [-0.1, -0.05) is 24.3 Å². The lowest BCUT2D eigenvalue weighted by Gasteiger charge is -2.14. The molecule has 0 aliphatic rings. The minimum Gasteiger partial charge on any atom is -0.493 e. The Morgan fingerprint density at radius 1 is 0.935 bits per heavy atom. The number of methoxy groups -OCH3 is 3. The number of oxazole rings is 1. The van der Waals surface area contributed by atoms with Gasteiger partial charge in [0.2, 0.25) is 5.75 Å². The summed E-state index contributed by atoms with van der Waals surface area (Å²) in [6, 6.07) is 18.4. The third kappa shape index (κ3) is 4.30. The zero-order valence-electron chi connectivity index (χ0n) is 17.5. The van der Waals surface area contributed by atoms with Crippen LogP contribution >= 0.6 is 0 Å². The van der Waals surface area contributed by atoms with Crippen LogP contribution in [0.1, 0.15) is 21.8 Å². The highest BCUT2D eigenvalue weighted by molar-refractivity contribution is 6.05. The number of nitrogens with one attached hydrogen (secondary N) is 1. The molecule has 0 unspecified atom stereocenters. The van der Waals surface area contributed by atoms with Gasteiger partial charge in [-0.15, -0.1) is 0 Å². The van der Waals surface area contributed by atoms with Gasteiger partial charge in [0.25, 0.3) is 5.91 Å². The lowest BCUT2D eigenvalue weighted by molar-refractivity contribution is 0.102. The van der Waals surface area contributed by atoms with Gasteiger partial charge in [-0.25, -0.2) is 4.98 Å². The summed E-state index contributed by atoms with van der Waals surface area (Å²) in [6.45, 7) is 0. The van der Waals surface area contributed by atoms with Crippen LogP contribution in [0.25, 0.3) is 11.1 Å². The summed E-state index contributed by atoms with van der Waals surface area (Å²) in [5.41, 5.74) is 3.70. The normalized spacial score (nSPS) is 10.7. The molecule has 31 heavy (non-hydrogen) atoms. The van der Waals surface area contributed by atoms with E-state index in [4.69, 9.17) is 18.6 Å². The molecule has 0 atom stereocenters. The number of aromatic nitrogens is 1. The van der Waals surface area contributed by atoms with E-state index < -0.39 is 0 Å². The molecule has 0 aliphatic heterocycles. The van der Waals surface area contributed by atoms with Gasteiger partial charge in [-0.3, -0.25) is 4.79 Å². The van der Waals surface area contributed by atoms with Crippen LogP contribution in [0.4, 0.5) is 5.69 Å². The highest BCUT2D eigenvalue weighted by Crippen LogP contribution is 2.38. The molecule has 1 heterocycles. The Labute approximate surface area is 179 Å². The number of anilines is 1. The average molecular weight is 418 g/mol. The number of carbonyl (C=O) groups is 1. The molecule has 4 rings (SSSR count). The zero-order valence-corrected chi connectivity index (χ0v) is 17.5. The molecule has 0 bridgehead atoms. The SMILES string of the molecule is COc1cc(C(=O)Nc2ccc(Cc3nc4ccccc4o3)cc2)cc(OC)c1OC. The van der Waals surface area contributed by atoms with Crippen molar-refractivity contribution in [2.24, 2.45) is 0 Å². The number of nitrogens with zero attached hydrogens (tertiary/aromatic N) is 1. The fourth-order valence-electron chi connectivity index (χ4n) is 3.29. The molecule has 0 radical (unpaired) electrons. The maximum atomic E-state index is 12.7. The van der Waals surface area contributed by atoms with Gasteiger partial charge in [0.15, 0.2) is 23.0 Å². The molecule has 7 nitrogen and oxygen atoms in total. The van der Waals surface area contributed by atoms with Crippen molar-refractivity contribution in [2.45, 2.75) is 6.42 Å². The second kappa shape index (κ2) is 8.79. The van der Waals surface area contributed by atoms with Crippen molar-refractivity contribution in [3.63, 3.8) is 0 Å². The Morgan fingerprint density at radius 3 is 2.23 bits per heavy atom. The summed E-state index contributed by atoms with van der Waals surface area (Å²) in [6.07, 6.45) is 0.565. The lowest BCUT2D eigenvalue weighted by Crippen LogP contribution is -2.12. The Balaban J connectivity index is 1.48. The van der Waals surface area contributed by atoms with E-state index in [1.807, 2.05) is 48.5 Å². The summed E-state index contributed by atoms with van der Waals surface area (Å²) < 4.78 is 21.7. The molecule has 0 aliphatic carbocycles. The number of fused-ring (bicyclic) bond motifs is 1. The molecule has 158 valence electrons. The second-order valence-electron chi connectivity index (χ2n) is 6.82. The van der Waals surface area contributed by atoms with E-state index >= 15 is 0 Å². The van der Waals surface area contributed by atoms with Crippen LogP contribution in [0.2, 0.25) is 0 Å². The van der Waals surface area contributed by atoms with Crippen molar-refractivity contribution in [1.82, 2.24) is 4.98 Å². The zero-order chi connectivity index (χ0) is 21.8. The Kier molecular flexibility index (Phi) is 5.75. The summed E-state index contributed by atoms with van der Waals surface area (Å²) in [5, 5.41) is 2.88. The van der Waals surface area contributed by atoms with E-state index in [0.717, 1.165) is 16.7 Å². The Morgan fingerprint density at radius 2 is 1.61 bits per heavy atom. The van der Waals surface area contributed by atoms with Crippen LogP contribution in [-0.2, 0) is 6.42 Å². The molecule has 7 heteroatoms. The lowest BCUT2D eigenvalue weighted by atomic mass is 10.1. The molecule has 0 saturated carbocycles. The first-order valence-corrected chi connectivity index (χ1v) is 9.66. The van der Waals surface area contributed by atoms with E-state index in [1.165, 1.54) is 21.3 Å². The van der Waals surface area contributed by atoms with Crippen LogP contribution in [0.15, 0.2) is 65.1 Å². The monoisotopic (exact) mass is 418 g/mol. The van der Waals surface area contributed by atoms with Gasteiger partial charge in [-0.2, -0.15) is 0 Å². The average Bonchev–Trinajstić information content (AvgIpc) is 3.21. The highest BCUT2D eigenvalue weighted by Gasteiger charge is 2.17.